The largest absolute Gasteiger partial charge is 0.315 e. The maximum atomic E-state index is 13.3. The topological polar surface area (TPSA) is 65.1 Å². The summed E-state index contributed by atoms with van der Waals surface area (Å²) in [6.45, 7) is 2.72. The van der Waals surface area contributed by atoms with Gasteiger partial charge in [0.15, 0.2) is 0 Å². The van der Waals surface area contributed by atoms with Crippen molar-refractivity contribution < 1.29 is 4.39 Å². The maximum absolute atomic E-state index is 13.3. The summed E-state index contributed by atoms with van der Waals surface area (Å²) in [5, 5.41) is 4.66. The van der Waals surface area contributed by atoms with Crippen molar-refractivity contribution in [2.24, 2.45) is 0 Å². The summed E-state index contributed by atoms with van der Waals surface area (Å²) < 4.78 is 16.6. The monoisotopic (exact) mass is 337 g/mol. The molecule has 0 aliphatic heterocycles. The van der Waals surface area contributed by atoms with Gasteiger partial charge >= 0.3 is 0 Å². The highest BCUT2D eigenvalue weighted by Gasteiger charge is 2.17. The fourth-order valence-electron chi connectivity index (χ4n) is 2.94. The van der Waals surface area contributed by atoms with E-state index in [0.717, 1.165) is 12.8 Å². The van der Waals surface area contributed by atoms with Crippen molar-refractivity contribution in [1.82, 2.24) is 24.1 Å². The van der Waals surface area contributed by atoms with E-state index in [9.17, 15) is 9.18 Å². The Hall–Kier alpha value is -3.09. The molecule has 0 amide bonds. The van der Waals surface area contributed by atoms with E-state index >= 15 is 0 Å². The van der Waals surface area contributed by atoms with Crippen molar-refractivity contribution in [3.63, 3.8) is 0 Å². The number of fused-ring (bicyclic) bond motifs is 2. The Morgan fingerprint density at radius 3 is 2.72 bits per heavy atom. The Morgan fingerprint density at radius 1 is 1.16 bits per heavy atom. The molecule has 4 rings (SSSR count). The number of benzene rings is 1. The highest BCUT2D eigenvalue weighted by Crippen LogP contribution is 2.26. The number of aromatic nitrogens is 5. The van der Waals surface area contributed by atoms with Crippen LogP contribution >= 0.6 is 0 Å². The number of pyridine rings is 1. The molecule has 3 heterocycles. The third-order valence-corrected chi connectivity index (χ3v) is 4.21. The second kappa shape index (κ2) is 6.08. The van der Waals surface area contributed by atoms with Crippen molar-refractivity contribution in [3.8, 4) is 11.3 Å². The van der Waals surface area contributed by atoms with Gasteiger partial charge in [-0.2, -0.15) is 14.6 Å². The number of halogens is 1. The van der Waals surface area contributed by atoms with E-state index in [2.05, 4.69) is 22.0 Å². The summed E-state index contributed by atoms with van der Waals surface area (Å²) in [6, 6.07) is 7.81. The molecule has 3 aromatic heterocycles. The van der Waals surface area contributed by atoms with E-state index in [0.29, 0.717) is 34.5 Å². The standard InChI is InChI=1S/C18H16FN5O/c1-2-3-9-23-10-8-14-15(17(23)25)16(12-4-6-13(19)7-5-12)24-18(22-14)20-11-21-24/h4-8,10-11H,2-3,9H2,1H3. The number of rotatable bonds is 4. The lowest BCUT2D eigenvalue weighted by Gasteiger charge is -2.11. The zero-order chi connectivity index (χ0) is 17.4. The molecule has 0 saturated carbocycles. The minimum absolute atomic E-state index is 0.129. The summed E-state index contributed by atoms with van der Waals surface area (Å²) in [4.78, 5) is 21.6. The first-order valence-corrected chi connectivity index (χ1v) is 8.18. The van der Waals surface area contributed by atoms with Crippen LogP contribution in [0.25, 0.3) is 27.9 Å². The van der Waals surface area contributed by atoms with E-state index in [-0.39, 0.29) is 11.4 Å². The predicted octanol–water partition coefficient (Wildman–Crippen LogP) is 3.05. The second-order valence-electron chi connectivity index (χ2n) is 5.87. The quantitative estimate of drug-likeness (QED) is 0.574. The molecule has 0 atom stereocenters. The summed E-state index contributed by atoms with van der Waals surface area (Å²) in [5.41, 5.74) is 1.69. The summed E-state index contributed by atoms with van der Waals surface area (Å²) in [5.74, 6) is 0.0647. The van der Waals surface area contributed by atoms with Gasteiger partial charge in [0.25, 0.3) is 11.3 Å². The minimum Gasteiger partial charge on any atom is -0.315 e. The van der Waals surface area contributed by atoms with Gasteiger partial charge in [0, 0.05) is 18.3 Å². The van der Waals surface area contributed by atoms with Crippen molar-refractivity contribution in [1.29, 1.82) is 0 Å². The Kier molecular flexibility index (Phi) is 3.76. The van der Waals surface area contributed by atoms with E-state index < -0.39 is 0 Å². The molecule has 0 fully saturated rings. The van der Waals surface area contributed by atoms with Gasteiger partial charge in [-0.15, -0.1) is 0 Å². The van der Waals surface area contributed by atoms with Gasteiger partial charge in [-0.05, 0) is 36.8 Å². The molecule has 1 aromatic carbocycles. The van der Waals surface area contributed by atoms with E-state index in [1.165, 1.54) is 23.0 Å². The Bertz CT molecular complexity index is 1110. The van der Waals surface area contributed by atoms with Crippen LogP contribution in [-0.4, -0.2) is 24.1 Å². The highest BCUT2D eigenvalue weighted by molar-refractivity contribution is 5.93. The average Bonchev–Trinajstić information content (AvgIpc) is 3.08. The Labute approximate surface area is 142 Å². The lowest BCUT2D eigenvalue weighted by atomic mass is 10.1. The second-order valence-corrected chi connectivity index (χ2v) is 5.87. The predicted molar refractivity (Wildman–Crippen MR) is 92.9 cm³/mol. The van der Waals surface area contributed by atoms with Crippen LogP contribution in [0.5, 0.6) is 0 Å². The van der Waals surface area contributed by atoms with E-state index in [4.69, 9.17) is 0 Å². The van der Waals surface area contributed by atoms with Crippen LogP contribution in [0.1, 0.15) is 19.8 Å². The van der Waals surface area contributed by atoms with E-state index in [1.54, 1.807) is 22.9 Å². The molecule has 0 saturated heterocycles. The van der Waals surface area contributed by atoms with Gasteiger partial charge in [-0.25, -0.2) is 9.37 Å². The SMILES string of the molecule is CCCCn1ccc2nc3ncnn3c(-c3ccc(F)cc3)c2c1=O. The molecule has 0 bridgehead atoms. The third-order valence-electron chi connectivity index (χ3n) is 4.21. The van der Waals surface area contributed by atoms with Gasteiger partial charge in [-0.1, -0.05) is 13.3 Å². The summed E-state index contributed by atoms with van der Waals surface area (Å²) >= 11 is 0. The minimum atomic E-state index is -0.336. The number of hydrogen-bond acceptors (Lipinski definition) is 4. The summed E-state index contributed by atoms with van der Waals surface area (Å²) in [6.07, 6.45) is 5.06. The van der Waals surface area contributed by atoms with E-state index in [1.807, 2.05) is 6.07 Å². The van der Waals surface area contributed by atoms with Crippen molar-refractivity contribution >= 4 is 16.7 Å². The number of nitrogens with zero attached hydrogens (tertiary/aromatic N) is 5. The Morgan fingerprint density at radius 2 is 1.96 bits per heavy atom. The molecule has 25 heavy (non-hydrogen) atoms. The lowest BCUT2D eigenvalue weighted by molar-refractivity contribution is 0.616. The molecule has 0 spiro atoms. The smallest absolute Gasteiger partial charge is 0.262 e. The van der Waals surface area contributed by atoms with Gasteiger partial charge in [0.05, 0.1) is 16.6 Å². The lowest BCUT2D eigenvalue weighted by Crippen LogP contribution is -2.21. The zero-order valence-corrected chi connectivity index (χ0v) is 13.7. The van der Waals surface area contributed by atoms with Crippen LogP contribution < -0.4 is 5.56 Å². The van der Waals surface area contributed by atoms with Crippen molar-refractivity contribution in [2.45, 2.75) is 26.3 Å². The number of hydrogen-bond donors (Lipinski definition) is 0. The molecule has 0 N–H and O–H groups in total. The van der Waals surface area contributed by atoms with Crippen LogP contribution in [0.3, 0.4) is 0 Å². The fourth-order valence-corrected chi connectivity index (χ4v) is 2.94. The molecule has 0 radical (unpaired) electrons. The van der Waals surface area contributed by atoms with Crippen LogP contribution in [0.4, 0.5) is 4.39 Å². The van der Waals surface area contributed by atoms with Crippen molar-refractivity contribution in [2.75, 3.05) is 0 Å². The molecule has 0 aliphatic rings. The van der Waals surface area contributed by atoms with Gasteiger partial charge < -0.3 is 4.57 Å². The van der Waals surface area contributed by atoms with Crippen LogP contribution in [0.15, 0.2) is 47.7 Å². The fraction of sp³-hybridized carbons (Fsp3) is 0.222. The first-order chi connectivity index (χ1) is 12.2. The van der Waals surface area contributed by atoms with Gasteiger partial charge in [-0.3, -0.25) is 4.79 Å². The molecule has 6 nitrogen and oxygen atoms in total. The summed E-state index contributed by atoms with van der Waals surface area (Å²) in [7, 11) is 0. The third kappa shape index (κ3) is 2.57. The average molecular weight is 337 g/mol. The maximum Gasteiger partial charge on any atom is 0.262 e. The molecule has 126 valence electrons. The Balaban J connectivity index is 2.09. The molecule has 0 unspecified atom stereocenters. The van der Waals surface area contributed by atoms with Crippen LogP contribution in [0.2, 0.25) is 0 Å². The zero-order valence-electron chi connectivity index (χ0n) is 13.7. The molecular weight excluding hydrogens is 321 g/mol. The van der Waals surface area contributed by atoms with Gasteiger partial charge in [0.2, 0.25) is 0 Å². The normalized spacial score (nSPS) is 11.4. The molecule has 4 aromatic rings. The molecular formula is C18H16FN5O. The van der Waals surface area contributed by atoms with Crippen LogP contribution in [-0.2, 0) is 6.54 Å². The first kappa shape index (κ1) is 15.4. The molecule has 0 aliphatic carbocycles. The number of unbranched alkanes of at least 4 members (excludes halogenated alkanes) is 1. The molecule has 7 heteroatoms. The number of aryl methyl sites for hydroxylation is 1. The van der Waals surface area contributed by atoms with Gasteiger partial charge in [0.1, 0.15) is 12.1 Å². The van der Waals surface area contributed by atoms with Crippen molar-refractivity contribution in [3.05, 3.63) is 59.0 Å². The van der Waals surface area contributed by atoms with Crippen LogP contribution in [0, 0.1) is 5.82 Å². The first-order valence-electron chi connectivity index (χ1n) is 8.18. The highest BCUT2D eigenvalue weighted by atomic mass is 19.1.